The lowest BCUT2D eigenvalue weighted by atomic mass is 9.91. The topological polar surface area (TPSA) is 79.2 Å². The number of hydrogen-bond donors (Lipinski definition) is 4. The SMILES string of the molecule is COc1ccc([C@]2(S)O[C@@H](C)[C@@H](O)[C@@H](O)[C@@H]2O)cc1. The third-order valence-corrected chi connectivity index (χ3v) is 4.05. The van der Waals surface area contributed by atoms with Crippen molar-refractivity contribution in [1.82, 2.24) is 0 Å². The molecule has 19 heavy (non-hydrogen) atoms. The fourth-order valence-electron chi connectivity index (χ4n) is 2.19. The molecule has 2 rings (SSSR count). The molecule has 1 saturated heterocycles. The number of methoxy groups -OCH3 is 1. The van der Waals surface area contributed by atoms with Gasteiger partial charge >= 0.3 is 0 Å². The monoisotopic (exact) mass is 286 g/mol. The van der Waals surface area contributed by atoms with E-state index in [9.17, 15) is 15.3 Å². The predicted octanol–water partition coefficient (Wildman–Crippen LogP) is 0.279. The Morgan fingerprint density at radius 2 is 1.74 bits per heavy atom. The fourth-order valence-corrected chi connectivity index (χ4v) is 2.66. The Morgan fingerprint density at radius 1 is 1.16 bits per heavy atom. The molecule has 0 spiro atoms. The molecular weight excluding hydrogens is 268 g/mol. The molecule has 3 N–H and O–H groups in total. The highest BCUT2D eigenvalue weighted by molar-refractivity contribution is 7.81. The van der Waals surface area contributed by atoms with Crippen molar-refractivity contribution in [3.8, 4) is 5.75 Å². The van der Waals surface area contributed by atoms with Crippen LogP contribution < -0.4 is 4.74 Å². The smallest absolute Gasteiger partial charge is 0.165 e. The second-order valence-corrected chi connectivity index (χ2v) is 5.34. The van der Waals surface area contributed by atoms with Crippen molar-refractivity contribution >= 4 is 12.6 Å². The summed E-state index contributed by atoms with van der Waals surface area (Å²) in [5, 5.41) is 29.7. The number of ether oxygens (including phenoxy) is 2. The normalized spacial score (nSPS) is 39.1. The summed E-state index contributed by atoms with van der Waals surface area (Å²) in [6.45, 7) is 1.62. The van der Waals surface area contributed by atoms with Crippen LogP contribution in [0.25, 0.3) is 0 Å². The Labute approximate surface area is 117 Å². The lowest BCUT2D eigenvalue weighted by molar-refractivity contribution is -0.233. The van der Waals surface area contributed by atoms with Gasteiger partial charge in [-0.15, -0.1) is 12.6 Å². The van der Waals surface area contributed by atoms with Crippen LogP contribution in [0.3, 0.4) is 0 Å². The molecule has 0 radical (unpaired) electrons. The number of benzene rings is 1. The molecule has 1 aromatic carbocycles. The first kappa shape index (κ1) is 14.6. The maximum atomic E-state index is 10.1. The summed E-state index contributed by atoms with van der Waals surface area (Å²) in [7, 11) is 1.56. The van der Waals surface area contributed by atoms with Gasteiger partial charge in [0.2, 0.25) is 0 Å². The van der Waals surface area contributed by atoms with Gasteiger partial charge in [0.25, 0.3) is 0 Å². The highest BCUT2D eigenvalue weighted by atomic mass is 32.1. The Kier molecular flexibility index (Phi) is 4.08. The van der Waals surface area contributed by atoms with Crippen LogP contribution in [0, 0.1) is 0 Å². The molecule has 0 aliphatic carbocycles. The quantitative estimate of drug-likeness (QED) is 0.587. The molecular formula is C13H18O5S. The fraction of sp³-hybridized carbons (Fsp3) is 0.538. The van der Waals surface area contributed by atoms with E-state index in [1.165, 1.54) is 0 Å². The highest BCUT2D eigenvalue weighted by Gasteiger charge is 2.51. The third-order valence-electron chi connectivity index (χ3n) is 3.42. The van der Waals surface area contributed by atoms with Gasteiger partial charge in [-0.3, -0.25) is 0 Å². The standard InChI is InChI=1S/C13H18O5S/c1-7-10(14)11(15)12(16)13(19,18-7)8-3-5-9(17-2)6-4-8/h3-7,10-12,14-16,19H,1-2H3/t7-,10+,11+,12-,13+/m0/s1. The Balaban J connectivity index is 2.34. The molecule has 0 saturated carbocycles. The molecule has 0 unspecified atom stereocenters. The molecule has 0 aromatic heterocycles. The highest BCUT2D eigenvalue weighted by Crippen LogP contribution is 2.41. The minimum Gasteiger partial charge on any atom is -0.497 e. The number of thiol groups is 1. The first-order chi connectivity index (χ1) is 8.90. The van der Waals surface area contributed by atoms with E-state index in [0.717, 1.165) is 0 Å². The Bertz CT molecular complexity index is 437. The second kappa shape index (κ2) is 5.30. The molecule has 5 nitrogen and oxygen atoms in total. The van der Waals surface area contributed by atoms with Crippen molar-refractivity contribution in [2.45, 2.75) is 36.3 Å². The average molecular weight is 286 g/mol. The number of aliphatic hydroxyl groups excluding tert-OH is 3. The molecule has 1 aromatic rings. The minimum atomic E-state index is -1.37. The van der Waals surface area contributed by atoms with Crippen LogP contribution in [-0.4, -0.2) is 46.8 Å². The van der Waals surface area contributed by atoms with E-state index in [4.69, 9.17) is 9.47 Å². The van der Waals surface area contributed by atoms with Crippen LogP contribution in [0.4, 0.5) is 0 Å². The first-order valence-electron chi connectivity index (χ1n) is 5.99. The molecule has 1 fully saturated rings. The van der Waals surface area contributed by atoms with E-state index < -0.39 is 29.3 Å². The largest absolute Gasteiger partial charge is 0.497 e. The van der Waals surface area contributed by atoms with Crippen molar-refractivity contribution in [2.24, 2.45) is 0 Å². The maximum Gasteiger partial charge on any atom is 0.165 e. The van der Waals surface area contributed by atoms with Gasteiger partial charge in [-0.25, -0.2) is 0 Å². The molecule has 106 valence electrons. The minimum absolute atomic E-state index is 0.585. The zero-order chi connectivity index (χ0) is 14.2. The van der Waals surface area contributed by atoms with Crippen LogP contribution in [0.15, 0.2) is 24.3 Å². The van der Waals surface area contributed by atoms with Crippen LogP contribution >= 0.6 is 12.6 Å². The zero-order valence-corrected chi connectivity index (χ0v) is 11.6. The van der Waals surface area contributed by atoms with E-state index in [-0.39, 0.29) is 0 Å². The molecule has 6 heteroatoms. The van der Waals surface area contributed by atoms with Crippen molar-refractivity contribution in [2.75, 3.05) is 7.11 Å². The van der Waals surface area contributed by atoms with Gasteiger partial charge in [-0.1, -0.05) is 12.1 Å². The number of rotatable bonds is 2. The third kappa shape index (κ3) is 2.46. The van der Waals surface area contributed by atoms with E-state index in [0.29, 0.717) is 11.3 Å². The summed E-state index contributed by atoms with van der Waals surface area (Å²) in [6, 6.07) is 6.83. The van der Waals surface area contributed by atoms with Crippen molar-refractivity contribution in [3.05, 3.63) is 29.8 Å². The summed E-state index contributed by atoms with van der Waals surface area (Å²) in [4.78, 5) is -1.37. The summed E-state index contributed by atoms with van der Waals surface area (Å²) < 4.78 is 10.6. The van der Waals surface area contributed by atoms with E-state index in [2.05, 4.69) is 12.6 Å². The van der Waals surface area contributed by atoms with E-state index in [1.807, 2.05) is 0 Å². The second-order valence-electron chi connectivity index (χ2n) is 4.67. The Morgan fingerprint density at radius 3 is 2.26 bits per heavy atom. The first-order valence-corrected chi connectivity index (χ1v) is 6.44. The summed E-state index contributed by atoms with van der Waals surface area (Å²) in [5.74, 6) is 0.666. The average Bonchev–Trinajstić information content (AvgIpc) is 2.43. The number of hydrogen-bond acceptors (Lipinski definition) is 6. The van der Waals surface area contributed by atoms with Crippen LogP contribution in [0.1, 0.15) is 12.5 Å². The summed E-state index contributed by atoms with van der Waals surface area (Å²) >= 11 is 4.37. The van der Waals surface area contributed by atoms with Crippen LogP contribution in [-0.2, 0) is 9.67 Å². The summed E-state index contributed by atoms with van der Waals surface area (Å²) in [5.41, 5.74) is 0.585. The lowest BCUT2D eigenvalue weighted by Gasteiger charge is -2.45. The molecule has 1 heterocycles. The van der Waals surface area contributed by atoms with Gasteiger partial charge in [0.1, 0.15) is 24.1 Å². The van der Waals surface area contributed by atoms with Gasteiger partial charge < -0.3 is 24.8 Å². The molecule has 1 aliphatic rings. The lowest BCUT2D eigenvalue weighted by Crippen LogP contribution is -2.59. The van der Waals surface area contributed by atoms with Crippen molar-refractivity contribution in [1.29, 1.82) is 0 Å². The van der Waals surface area contributed by atoms with Gasteiger partial charge in [0.05, 0.1) is 13.2 Å². The van der Waals surface area contributed by atoms with Crippen molar-refractivity contribution < 1.29 is 24.8 Å². The van der Waals surface area contributed by atoms with Crippen LogP contribution in [0.5, 0.6) is 5.75 Å². The van der Waals surface area contributed by atoms with Gasteiger partial charge in [-0.2, -0.15) is 0 Å². The van der Waals surface area contributed by atoms with Gasteiger partial charge in [-0.05, 0) is 24.6 Å². The van der Waals surface area contributed by atoms with Gasteiger partial charge in [0, 0.05) is 0 Å². The van der Waals surface area contributed by atoms with Crippen molar-refractivity contribution in [3.63, 3.8) is 0 Å². The van der Waals surface area contributed by atoms with E-state index in [1.54, 1.807) is 38.3 Å². The van der Waals surface area contributed by atoms with Crippen LogP contribution in [0.2, 0.25) is 0 Å². The molecule has 0 amide bonds. The predicted molar refractivity (Wildman–Crippen MR) is 72.2 cm³/mol. The van der Waals surface area contributed by atoms with Gasteiger partial charge in [0.15, 0.2) is 4.93 Å². The summed E-state index contributed by atoms with van der Waals surface area (Å²) in [6.07, 6.45) is -4.44. The zero-order valence-electron chi connectivity index (χ0n) is 10.7. The maximum absolute atomic E-state index is 10.1. The molecule has 1 aliphatic heterocycles. The van der Waals surface area contributed by atoms with E-state index >= 15 is 0 Å². The number of aliphatic hydroxyl groups is 3. The molecule has 5 atom stereocenters. The Hall–Kier alpha value is -0.790. The molecule has 0 bridgehead atoms.